The van der Waals surface area contributed by atoms with Crippen molar-refractivity contribution >= 4 is 42.2 Å². The van der Waals surface area contributed by atoms with E-state index in [0.29, 0.717) is 23.7 Å². The zero-order chi connectivity index (χ0) is 26.0. The fraction of sp³-hybridized carbons (Fsp3) is 0.560. The third kappa shape index (κ3) is 8.77. The van der Waals surface area contributed by atoms with Gasteiger partial charge in [0, 0.05) is 18.2 Å². The molecule has 1 aliphatic heterocycles. The third-order valence-corrected chi connectivity index (χ3v) is 6.97. The van der Waals surface area contributed by atoms with Gasteiger partial charge in [0.1, 0.15) is 23.9 Å². The molecule has 0 spiro atoms. The smallest absolute Gasteiger partial charge is 0.326 e. The zero-order valence-corrected chi connectivity index (χ0v) is 22.2. The van der Waals surface area contributed by atoms with Gasteiger partial charge in [0.05, 0.1) is 12.5 Å². The Labute approximate surface area is 217 Å². The fourth-order valence-corrected chi connectivity index (χ4v) is 4.53. The number of rotatable bonds is 13. The van der Waals surface area contributed by atoms with Crippen molar-refractivity contribution in [2.24, 2.45) is 17.6 Å². The highest BCUT2D eigenvalue weighted by atomic mass is 32.2. The van der Waals surface area contributed by atoms with E-state index < -0.39 is 36.0 Å². The molecule has 0 aromatic heterocycles. The lowest BCUT2D eigenvalue weighted by atomic mass is 9.93. The van der Waals surface area contributed by atoms with Crippen LogP contribution in [0.15, 0.2) is 42.5 Å². The van der Waals surface area contributed by atoms with Crippen LogP contribution in [0.4, 0.5) is 0 Å². The molecule has 8 nitrogen and oxygen atoms in total. The fourth-order valence-electron chi connectivity index (χ4n) is 3.93. The van der Waals surface area contributed by atoms with Crippen LogP contribution in [0.5, 0.6) is 5.75 Å². The summed E-state index contributed by atoms with van der Waals surface area (Å²) < 4.78 is 6.07. The van der Waals surface area contributed by atoms with E-state index in [1.54, 1.807) is 12.2 Å². The van der Waals surface area contributed by atoms with Crippen molar-refractivity contribution in [1.29, 1.82) is 0 Å². The van der Waals surface area contributed by atoms with Gasteiger partial charge in [0.15, 0.2) is 0 Å². The van der Waals surface area contributed by atoms with Crippen molar-refractivity contribution in [3.8, 4) is 5.75 Å². The number of carboxylic acids is 1. The van der Waals surface area contributed by atoms with Crippen LogP contribution in [-0.4, -0.2) is 76.3 Å². The number of nitrogens with zero attached hydrogens (tertiary/aromatic N) is 1. The first-order valence-corrected chi connectivity index (χ1v) is 13.8. The molecule has 10 heteroatoms. The molecule has 1 fully saturated rings. The molecule has 1 heterocycles. The number of likely N-dealkylation sites (tertiary alicyclic amines) is 1. The van der Waals surface area contributed by atoms with Gasteiger partial charge in [-0.2, -0.15) is 24.4 Å². The summed E-state index contributed by atoms with van der Waals surface area (Å²) in [5, 5.41) is 12.2. The van der Waals surface area contributed by atoms with Gasteiger partial charge in [-0.3, -0.25) is 9.59 Å². The Hall–Kier alpha value is -2.17. The number of benzene rings is 1. The molecule has 0 radical (unpaired) electrons. The first-order chi connectivity index (χ1) is 16.7. The topological polar surface area (TPSA) is 122 Å². The normalized spacial score (nSPS) is 20.6. The second-order valence-electron chi connectivity index (χ2n) is 8.98. The average molecular weight is 524 g/mol. The minimum absolute atomic E-state index is 0.0305. The number of carbonyl (C=O) groups is 3. The SMILES string of the molecule is CSCC[C@H](NC(=O)[C@@H]1C[C@H](Oc2ccccc2)CN1C(=O)[C@@H](/C=C/[C@@H](N)CS)C(C)C)C(=O)O. The van der Waals surface area contributed by atoms with Crippen molar-refractivity contribution in [3.05, 3.63) is 42.5 Å². The number of thioether (sulfide) groups is 1. The molecule has 0 bridgehead atoms. The van der Waals surface area contributed by atoms with Gasteiger partial charge in [-0.1, -0.05) is 44.2 Å². The van der Waals surface area contributed by atoms with Gasteiger partial charge in [0.2, 0.25) is 11.8 Å². The van der Waals surface area contributed by atoms with E-state index in [9.17, 15) is 19.5 Å². The Morgan fingerprint density at radius 2 is 1.97 bits per heavy atom. The Bertz CT molecular complexity index is 868. The summed E-state index contributed by atoms with van der Waals surface area (Å²) in [6, 6.07) is 7.09. The van der Waals surface area contributed by atoms with Crippen LogP contribution in [0.1, 0.15) is 26.7 Å². The molecule has 2 rings (SSSR count). The molecule has 0 aliphatic carbocycles. The van der Waals surface area contributed by atoms with E-state index in [0.717, 1.165) is 0 Å². The van der Waals surface area contributed by atoms with E-state index in [1.807, 2.05) is 50.4 Å². The lowest BCUT2D eigenvalue weighted by molar-refractivity contribution is -0.144. The third-order valence-electron chi connectivity index (χ3n) is 5.90. The zero-order valence-electron chi connectivity index (χ0n) is 20.5. The Morgan fingerprint density at radius 3 is 2.54 bits per heavy atom. The molecule has 0 saturated carbocycles. The van der Waals surface area contributed by atoms with Crippen molar-refractivity contribution in [3.63, 3.8) is 0 Å². The lowest BCUT2D eigenvalue weighted by Gasteiger charge is -2.29. The molecule has 1 aromatic rings. The summed E-state index contributed by atoms with van der Waals surface area (Å²) in [5.41, 5.74) is 5.95. The number of aliphatic carboxylic acids is 1. The number of hydrogen-bond acceptors (Lipinski definition) is 7. The monoisotopic (exact) mass is 523 g/mol. The van der Waals surface area contributed by atoms with Crippen molar-refractivity contribution in [2.45, 2.75) is 50.9 Å². The Morgan fingerprint density at radius 1 is 1.29 bits per heavy atom. The molecule has 0 unspecified atom stereocenters. The van der Waals surface area contributed by atoms with E-state index in [-0.39, 0.29) is 30.8 Å². The van der Waals surface area contributed by atoms with E-state index in [2.05, 4.69) is 17.9 Å². The van der Waals surface area contributed by atoms with Crippen molar-refractivity contribution < 1.29 is 24.2 Å². The van der Waals surface area contributed by atoms with Crippen molar-refractivity contribution in [1.82, 2.24) is 10.2 Å². The maximum absolute atomic E-state index is 13.7. The van der Waals surface area contributed by atoms with Crippen LogP contribution in [0, 0.1) is 11.8 Å². The van der Waals surface area contributed by atoms with E-state index >= 15 is 0 Å². The first kappa shape index (κ1) is 29.1. The summed E-state index contributed by atoms with van der Waals surface area (Å²) in [4.78, 5) is 40.1. The summed E-state index contributed by atoms with van der Waals surface area (Å²) in [7, 11) is 0. The van der Waals surface area contributed by atoms with Gasteiger partial charge in [-0.25, -0.2) is 4.79 Å². The highest BCUT2D eigenvalue weighted by molar-refractivity contribution is 7.98. The molecule has 1 aliphatic rings. The number of ether oxygens (including phenoxy) is 1. The first-order valence-electron chi connectivity index (χ1n) is 11.8. The van der Waals surface area contributed by atoms with Crippen LogP contribution < -0.4 is 15.8 Å². The molecule has 35 heavy (non-hydrogen) atoms. The van der Waals surface area contributed by atoms with Crippen LogP contribution in [-0.2, 0) is 14.4 Å². The number of amides is 2. The second-order valence-corrected chi connectivity index (χ2v) is 10.3. The van der Waals surface area contributed by atoms with Crippen LogP contribution >= 0.6 is 24.4 Å². The van der Waals surface area contributed by atoms with Gasteiger partial charge in [-0.05, 0) is 36.5 Å². The molecule has 1 saturated heterocycles. The average Bonchev–Trinajstić information content (AvgIpc) is 3.25. The standard InChI is InChI=1S/C25H37N3O5S2/c1-16(2)20(10-9-17(26)15-34)24(30)28-14-19(33-18-7-5-4-6-8-18)13-22(28)23(29)27-21(25(31)32)11-12-35-3/h4-10,16-17,19-22,34H,11-15,26H2,1-3H3,(H,27,29)(H,31,32)/b10-9+/t17-,19+,20+,21+,22+/m1/s1. The number of nitrogens with two attached hydrogens (primary N) is 1. The molecular weight excluding hydrogens is 486 g/mol. The second kappa shape index (κ2) is 14.4. The molecule has 194 valence electrons. The predicted octanol–water partition coefficient (Wildman–Crippen LogP) is 2.44. The summed E-state index contributed by atoms with van der Waals surface area (Å²) in [6.07, 6.45) is 5.60. The van der Waals surface area contributed by atoms with Crippen LogP contribution in [0.3, 0.4) is 0 Å². The minimum Gasteiger partial charge on any atom is -0.488 e. The molecule has 4 N–H and O–H groups in total. The number of hydrogen-bond donors (Lipinski definition) is 4. The number of thiol groups is 1. The minimum atomic E-state index is -1.09. The maximum atomic E-state index is 13.7. The Balaban J connectivity index is 2.28. The van der Waals surface area contributed by atoms with Gasteiger partial charge >= 0.3 is 5.97 Å². The van der Waals surface area contributed by atoms with Crippen molar-refractivity contribution in [2.75, 3.05) is 24.3 Å². The van der Waals surface area contributed by atoms with Gasteiger partial charge in [-0.15, -0.1) is 0 Å². The van der Waals surface area contributed by atoms with E-state index in [4.69, 9.17) is 10.5 Å². The number of carbonyl (C=O) groups excluding carboxylic acids is 2. The van der Waals surface area contributed by atoms with Crippen LogP contribution in [0.25, 0.3) is 0 Å². The molecule has 2 amide bonds. The number of para-hydroxylation sites is 1. The van der Waals surface area contributed by atoms with E-state index in [1.165, 1.54) is 16.7 Å². The maximum Gasteiger partial charge on any atom is 0.326 e. The highest BCUT2D eigenvalue weighted by Gasteiger charge is 2.43. The largest absolute Gasteiger partial charge is 0.488 e. The quantitative estimate of drug-likeness (QED) is 0.231. The summed E-state index contributed by atoms with van der Waals surface area (Å²) >= 11 is 5.70. The number of nitrogens with one attached hydrogen (secondary N) is 1. The molecular formula is C25H37N3O5S2. The van der Waals surface area contributed by atoms with Crippen LogP contribution in [0.2, 0.25) is 0 Å². The predicted molar refractivity (Wildman–Crippen MR) is 143 cm³/mol. The summed E-state index contributed by atoms with van der Waals surface area (Å²) in [5.74, 6) is -0.615. The number of carboxylic acid groups (broad SMARTS) is 1. The lowest BCUT2D eigenvalue weighted by Crippen LogP contribution is -2.52. The highest BCUT2D eigenvalue weighted by Crippen LogP contribution is 2.27. The van der Waals surface area contributed by atoms with Gasteiger partial charge < -0.3 is 25.8 Å². The Kier molecular flexibility index (Phi) is 12.0. The summed E-state index contributed by atoms with van der Waals surface area (Å²) in [6.45, 7) is 4.10. The molecule has 5 atom stereocenters. The molecule has 1 aromatic carbocycles. The van der Waals surface area contributed by atoms with Gasteiger partial charge in [0.25, 0.3) is 0 Å².